The number of rotatable bonds is 8. The first-order valence-corrected chi connectivity index (χ1v) is 25.6. The lowest BCUT2D eigenvalue weighted by Gasteiger charge is -2.30. The maximum absolute atomic E-state index is 2.50. The molecule has 2 nitrogen and oxygen atoms in total. The molecule has 0 aromatic heterocycles. The number of hydrogen-bond acceptors (Lipinski definition) is 2. The van der Waals surface area contributed by atoms with E-state index in [1.807, 2.05) is 0 Å². The van der Waals surface area contributed by atoms with Gasteiger partial charge >= 0.3 is 0 Å². The fraction of sp³-hybridized carbons (Fsp3) is 0. The first-order valence-electron chi connectivity index (χ1n) is 25.6. The number of hydrogen-bond donors (Lipinski definition) is 0. The Bertz CT molecular complexity index is 4330. The molecule has 0 fully saturated rings. The third kappa shape index (κ3) is 6.59. The maximum atomic E-state index is 2.50. The zero-order chi connectivity index (χ0) is 48.7. The molecule has 2 heteroatoms. The minimum atomic E-state index is 1.10. The number of nitrogens with zero attached hydrogens (tertiary/aromatic N) is 2. The monoisotopic (exact) mass is 938 g/mol. The van der Waals surface area contributed by atoms with Gasteiger partial charge in [-0.25, -0.2) is 0 Å². The average molecular weight is 939 g/mol. The molecule has 0 spiro atoms. The molecule has 0 unspecified atom stereocenters. The van der Waals surface area contributed by atoms with Crippen LogP contribution in [0.2, 0.25) is 0 Å². The van der Waals surface area contributed by atoms with Gasteiger partial charge in [-0.05, 0) is 125 Å². The van der Waals surface area contributed by atoms with Crippen molar-refractivity contribution >= 4 is 120 Å². The summed E-state index contributed by atoms with van der Waals surface area (Å²) in [6, 6.07) is 103. The lowest BCUT2D eigenvalue weighted by Crippen LogP contribution is -2.11. The lowest BCUT2D eigenvalue weighted by atomic mass is 9.86. The van der Waals surface area contributed by atoms with Crippen molar-refractivity contribution in [1.82, 2.24) is 0 Å². The van der Waals surface area contributed by atoms with Gasteiger partial charge in [0.15, 0.2) is 0 Å². The first-order chi connectivity index (χ1) is 36.7. The second kappa shape index (κ2) is 16.9. The Morgan fingerprint density at radius 1 is 0.176 bits per heavy atom. The zero-order valence-corrected chi connectivity index (χ0v) is 40.5. The van der Waals surface area contributed by atoms with Crippen LogP contribution in [0.25, 0.3) is 108 Å². The zero-order valence-electron chi connectivity index (χ0n) is 40.5. The van der Waals surface area contributed by atoms with E-state index in [9.17, 15) is 0 Å². The molecule has 15 aromatic carbocycles. The normalized spacial score (nSPS) is 11.8. The van der Waals surface area contributed by atoms with Crippen LogP contribution < -0.4 is 9.80 Å². The van der Waals surface area contributed by atoms with E-state index < -0.39 is 0 Å². The lowest BCUT2D eigenvalue weighted by molar-refractivity contribution is 1.32. The summed E-state index contributed by atoms with van der Waals surface area (Å²) < 4.78 is 0. The summed E-state index contributed by atoms with van der Waals surface area (Å²) >= 11 is 0. The number of anilines is 6. The minimum absolute atomic E-state index is 1.10. The predicted octanol–water partition coefficient (Wildman–Crippen LogP) is 20.6. The molecule has 15 rings (SSSR count). The van der Waals surface area contributed by atoms with Gasteiger partial charge in [-0.3, -0.25) is 0 Å². The van der Waals surface area contributed by atoms with Gasteiger partial charge in [0, 0.05) is 43.7 Å². The summed E-state index contributed by atoms with van der Waals surface area (Å²) in [6.07, 6.45) is 0. The molecule has 0 aliphatic carbocycles. The van der Waals surface area contributed by atoms with Crippen molar-refractivity contribution in [2.24, 2.45) is 0 Å². The van der Waals surface area contributed by atoms with Gasteiger partial charge in [0.2, 0.25) is 0 Å². The van der Waals surface area contributed by atoms with Crippen molar-refractivity contribution in [2.45, 2.75) is 0 Å². The Morgan fingerprint density at radius 3 is 0.905 bits per heavy atom. The van der Waals surface area contributed by atoms with Crippen LogP contribution in [0.15, 0.2) is 279 Å². The molecule has 344 valence electrons. The predicted molar refractivity (Wildman–Crippen MR) is 318 cm³/mol. The van der Waals surface area contributed by atoms with Crippen LogP contribution in [0.5, 0.6) is 0 Å². The molecule has 15 aromatic rings. The molecule has 0 bridgehead atoms. The van der Waals surface area contributed by atoms with Crippen molar-refractivity contribution in [3.63, 3.8) is 0 Å². The highest BCUT2D eigenvalue weighted by atomic mass is 15.2. The summed E-state index contributed by atoms with van der Waals surface area (Å²) in [5, 5.41) is 19.6. The summed E-state index contributed by atoms with van der Waals surface area (Å²) in [7, 11) is 0. The SMILES string of the molecule is c1ccc(-c2ccc(N(c3cccc4ccccc34)c3cc4cccc5c6cccc7c(N(c8ccc(-c9ccccc9)cc8)c8cccc9ccccc89)cc8cccc(c9cccc3c9c45)c8c76)cc2)cc1. The largest absolute Gasteiger partial charge is 0.309 e. The molecule has 74 heavy (non-hydrogen) atoms. The van der Waals surface area contributed by atoms with Crippen molar-refractivity contribution in [1.29, 1.82) is 0 Å². The molecular weight excluding hydrogens is 893 g/mol. The summed E-state index contributed by atoms with van der Waals surface area (Å²) in [6.45, 7) is 0. The summed E-state index contributed by atoms with van der Waals surface area (Å²) in [4.78, 5) is 4.99. The first kappa shape index (κ1) is 42.0. The Balaban J connectivity index is 1.03. The van der Waals surface area contributed by atoms with Gasteiger partial charge in [-0.1, -0.05) is 231 Å². The Labute approximate surface area is 429 Å². The van der Waals surface area contributed by atoms with Crippen LogP contribution in [0.4, 0.5) is 34.1 Å². The molecule has 0 saturated carbocycles. The molecular formula is C72H46N2. The Kier molecular flexibility index (Phi) is 9.61. The molecule has 0 amide bonds. The highest BCUT2D eigenvalue weighted by Gasteiger charge is 2.25. The second-order valence-corrected chi connectivity index (χ2v) is 19.5. The van der Waals surface area contributed by atoms with E-state index in [0.29, 0.717) is 0 Å². The van der Waals surface area contributed by atoms with Crippen LogP contribution in [-0.2, 0) is 0 Å². The highest BCUT2D eigenvalue weighted by Crippen LogP contribution is 2.52. The fourth-order valence-corrected chi connectivity index (χ4v) is 12.2. The Morgan fingerprint density at radius 2 is 0.473 bits per heavy atom. The molecule has 0 aliphatic rings. The fourth-order valence-electron chi connectivity index (χ4n) is 12.2. The summed E-state index contributed by atoms with van der Waals surface area (Å²) in [5.41, 5.74) is 11.5. The van der Waals surface area contributed by atoms with Crippen molar-refractivity contribution in [3.8, 4) is 22.3 Å². The molecule has 0 N–H and O–H groups in total. The highest BCUT2D eigenvalue weighted by molar-refractivity contribution is 6.39. The van der Waals surface area contributed by atoms with Crippen LogP contribution >= 0.6 is 0 Å². The Hall–Kier alpha value is -9.76. The van der Waals surface area contributed by atoms with Crippen LogP contribution in [0.1, 0.15) is 0 Å². The van der Waals surface area contributed by atoms with E-state index in [0.717, 1.165) is 34.1 Å². The molecule has 0 atom stereocenters. The van der Waals surface area contributed by atoms with Gasteiger partial charge in [0.1, 0.15) is 0 Å². The summed E-state index contributed by atoms with van der Waals surface area (Å²) in [5.74, 6) is 0. The quantitative estimate of drug-likeness (QED) is 0.140. The van der Waals surface area contributed by atoms with Gasteiger partial charge < -0.3 is 9.80 Å². The molecule has 0 saturated heterocycles. The van der Waals surface area contributed by atoms with Gasteiger partial charge in [0.05, 0.1) is 22.7 Å². The number of fused-ring (bicyclic) bond motifs is 4. The van der Waals surface area contributed by atoms with Crippen molar-refractivity contribution in [2.75, 3.05) is 9.80 Å². The van der Waals surface area contributed by atoms with Crippen LogP contribution in [-0.4, -0.2) is 0 Å². The molecule has 0 heterocycles. The van der Waals surface area contributed by atoms with E-state index in [-0.39, 0.29) is 0 Å². The standard InChI is InChI=1S/C72H46N2/c1-3-17-47(18-4-1)49-37-41-55(42-38-49)73(65-35-13-23-51-21-7-9-27-57(51)65)67-45-53-25-11-29-60-62-32-16-34-64-68(46-54-26-12-30-59(70(54)72(62)64)61-31-15-33-63(67)71(61)69(53)60)74(66-36-14-24-52-22-8-10-28-58(52)66)56-43-39-50(40-44-56)48-19-5-2-6-20-48/h1-46H. The van der Waals surface area contributed by atoms with E-state index >= 15 is 0 Å². The third-order valence-corrected chi connectivity index (χ3v) is 15.5. The minimum Gasteiger partial charge on any atom is -0.309 e. The van der Waals surface area contributed by atoms with Gasteiger partial charge in [0.25, 0.3) is 0 Å². The van der Waals surface area contributed by atoms with Crippen molar-refractivity contribution in [3.05, 3.63) is 279 Å². The topological polar surface area (TPSA) is 6.48 Å². The van der Waals surface area contributed by atoms with E-state index in [1.54, 1.807) is 0 Å². The number of benzene rings is 14. The molecule has 0 radical (unpaired) electrons. The molecule has 0 aliphatic heterocycles. The van der Waals surface area contributed by atoms with E-state index in [1.165, 1.54) is 108 Å². The third-order valence-electron chi connectivity index (χ3n) is 15.5. The maximum Gasteiger partial charge on any atom is 0.0546 e. The van der Waals surface area contributed by atoms with E-state index in [2.05, 4.69) is 289 Å². The second-order valence-electron chi connectivity index (χ2n) is 19.5. The van der Waals surface area contributed by atoms with Crippen LogP contribution in [0, 0.1) is 0 Å². The average Bonchev–Trinajstić information content (AvgIpc) is 3.50. The van der Waals surface area contributed by atoms with Gasteiger partial charge in [-0.2, -0.15) is 0 Å². The smallest absolute Gasteiger partial charge is 0.0546 e. The van der Waals surface area contributed by atoms with Crippen molar-refractivity contribution < 1.29 is 0 Å². The van der Waals surface area contributed by atoms with E-state index in [4.69, 9.17) is 0 Å². The van der Waals surface area contributed by atoms with Gasteiger partial charge in [-0.15, -0.1) is 0 Å². The van der Waals surface area contributed by atoms with Crippen LogP contribution in [0.3, 0.4) is 0 Å².